The Balaban J connectivity index is 2.74. The summed E-state index contributed by atoms with van der Waals surface area (Å²) in [5, 5.41) is 9.61. The number of esters is 1. The van der Waals surface area contributed by atoms with Crippen LogP contribution in [0.15, 0.2) is 12.1 Å². The monoisotopic (exact) mass is 460 g/mol. The molecular weight excluding hydrogens is 446 g/mol. The van der Waals surface area contributed by atoms with Crippen LogP contribution in [0.2, 0.25) is 0 Å². The predicted octanol–water partition coefficient (Wildman–Crippen LogP) is 3.69. The van der Waals surface area contributed by atoms with Gasteiger partial charge in [-0.05, 0) is 83.6 Å². The van der Waals surface area contributed by atoms with E-state index in [0.717, 1.165) is 12.7 Å². The van der Waals surface area contributed by atoms with Gasteiger partial charge in [-0.2, -0.15) is 0 Å². The van der Waals surface area contributed by atoms with Crippen molar-refractivity contribution in [3.8, 4) is 5.75 Å². The molecule has 1 N–H and O–H groups in total. The maximum Gasteiger partial charge on any atom is 0.311 e. The Bertz CT molecular complexity index is 413. The van der Waals surface area contributed by atoms with E-state index in [2.05, 4.69) is 45.2 Å². The van der Waals surface area contributed by atoms with E-state index >= 15 is 0 Å². The molecule has 0 aliphatic rings. The second-order valence-corrected chi connectivity index (χ2v) is 7.06. The zero-order valence-corrected chi connectivity index (χ0v) is 14.2. The van der Waals surface area contributed by atoms with Crippen LogP contribution in [-0.4, -0.2) is 11.1 Å². The van der Waals surface area contributed by atoms with Crippen molar-refractivity contribution in [2.75, 3.05) is 0 Å². The van der Waals surface area contributed by atoms with Gasteiger partial charge < -0.3 is 9.84 Å². The Morgan fingerprint density at radius 3 is 2.18 bits per heavy atom. The molecule has 0 aromatic heterocycles. The molecule has 17 heavy (non-hydrogen) atoms. The van der Waals surface area contributed by atoms with Crippen molar-refractivity contribution in [2.24, 2.45) is 5.41 Å². The van der Waals surface area contributed by atoms with E-state index in [1.807, 2.05) is 32.9 Å². The molecule has 0 radical (unpaired) electrons. The maximum absolute atomic E-state index is 11.6. The number of rotatable bonds is 2. The SMILES string of the molecule is CC(C)(C)C(=O)OCc1cc(I)c(O)c(I)c1. The van der Waals surface area contributed by atoms with Crippen LogP contribution in [0.1, 0.15) is 26.3 Å². The fraction of sp³-hybridized carbons (Fsp3) is 0.417. The van der Waals surface area contributed by atoms with Gasteiger partial charge in [0, 0.05) is 0 Å². The van der Waals surface area contributed by atoms with Crippen molar-refractivity contribution >= 4 is 51.2 Å². The van der Waals surface area contributed by atoms with Crippen molar-refractivity contribution in [2.45, 2.75) is 27.4 Å². The lowest BCUT2D eigenvalue weighted by Gasteiger charge is -2.16. The molecule has 94 valence electrons. The number of carbonyl (C=O) groups excluding carboxylic acids is 1. The Labute approximate surface area is 128 Å². The van der Waals surface area contributed by atoms with Crippen LogP contribution >= 0.6 is 45.2 Å². The second kappa shape index (κ2) is 5.73. The van der Waals surface area contributed by atoms with E-state index < -0.39 is 5.41 Å². The number of halogens is 2. The van der Waals surface area contributed by atoms with Gasteiger partial charge in [-0.15, -0.1) is 0 Å². The Morgan fingerprint density at radius 2 is 1.76 bits per heavy atom. The average Bonchev–Trinajstić information content (AvgIpc) is 2.20. The molecule has 5 heteroatoms. The van der Waals surface area contributed by atoms with Gasteiger partial charge in [-0.3, -0.25) is 4.79 Å². The zero-order valence-electron chi connectivity index (χ0n) is 9.88. The summed E-state index contributed by atoms with van der Waals surface area (Å²) in [6.45, 7) is 5.70. The van der Waals surface area contributed by atoms with E-state index in [-0.39, 0.29) is 18.3 Å². The Kier molecular flexibility index (Phi) is 5.06. The number of hydrogen-bond acceptors (Lipinski definition) is 3. The van der Waals surface area contributed by atoms with Crippen LogP contribution in [0, 0.1) is 12.6 Å². The summed E-state index contributed by atoms with van der Waals surface area (Å²) in [5.41, 5.74) is 0.395. The standard InChI is InChI=1S/C12H14I2O3/c1-12(2,3)11(16)17-6-7-4-8(13)10(15)9(14)5-7/h4-5,15H,6H2,1-3H3. The van der Waals surface area contributed by atoms with Crippen LogP contribution in [0.5, 0.6) is 5.75 Å². The van der Waals surface area contributed by atoms with Crippen LogP contribution in [0.4, 0.5) is 0 Å². The molecule has 1 rings (SSSR count). The molecule has 0 spiro atoms. The summed E-state index contributed by atoms with van der Waals surface area (Å²) in [7, 11) is 0. The smallest absolute Gasteiger partial charge is 0.311 e. The van der Waals surface area contributed by atoms with Gasteiger partial charge in [0.15, 0.2) is 0 Å². The molecule has 3 nitrogen and oxygen atoms in total. The Morgan fingerprint density at radius 1 is 1.29 bits per heavy atom. The lowest BCUT2D eigenvalue weighted by molar-refractivity contribution is -0.154. The summed E-state index contributed by atoms with van der Waals surface area (Å²) in [5.74, 6) is 0.0488. The number of ether oxygens (including phenoxy) is 1. The fourth-order valence-electron chi connectivity index (χ4n) is 1.07. The summed E-state index contributed by atoms with van der Waals surface area (Å²) >= 11 is 4.11. The van der Waals surface area contributed by atoms with Crippen molar-refractivity contribution in [1.29, 1.82) is 0 Å². The van der Waals surface area contributed by atoms with E-state index in [4.69, 9.17) is 4.74 Å². The first kappa shape index (κ1) is 15.0. The van der Waals surface area contributed by atoms with Gasteiger partial charge in [0.2, 0.25) is 0 Å². The number of hydrogen-bond donors (Lipinski definition) is 1. The molecule has 0 aliphatic heterocycles. The minimum Gasteiger partial charge on any atom is -0.506 e. The highest BCUT2D eigenvalue weighted by Crippen LogP contribution is 2.28. The molecule has 0 fully saturated rings. The fourth-order valence-corrected chi connectivity index (χ4v) is 2.96. The maximum atomic E-state index is 11.6. The molecule has 0 saturated heterocycles. The minimum absolute atomic E-state index is 0.226. The van der Waals surface area contributed by atoms with Crippen molar-refractivity contribution in [1.82, 2.24) is 0 Å². The van der Waals surface area contributed by atoms with Crippen LogP contribution in [0.25, 0.3) is 0 Å². The van der Waals surface area contributed by atoms with E-state index in [9.17, 15) is 9.90 Å². The van der Waals surface area contributed by atoms with E-state index in [0.29, 0.717) is 0 Å². The minimum atomic E-state index is -0.489. The number of phenols is 1. The highest BCUT2D eigenvalue weighted by molar-refractivity contribution is 14.1. The third-order valence-electron chi connectivity index (χ3n) is 2.06. The van der Waals surface area contributed by atoms with Gasteiger partial charge >= 0.3 is 5.97 Å². The molecule has 0 saturated carbocycles. The summed E-state index contributed by atoms with van der Waals surface area (Å²) < 4.78 is 6.74. The molecule has 0 aliphatic carbocycles. The first-order valence-corrected chi connectivity index (χ1v) is 7.21. The molecule has 1 aromatic carbocycles. The Hall–Kier alpha value is -0.0500. The highest BCUT2D eigenvalue weighted by atomic mass is 127. The molecule has 0 unspecified atom stereocenters. The second-order valence-electron chi connectivity index (χ2n) is 4.73. The first-order valence-electron chi connectivity index (χ1n) is 5.06. The summed E-state index contributed by atoms with van der Waals surface area (Å²) in [6, 6.07) is 3.63. The zero-order chi connectivity index (χ0) is 13.2. The van der Waals surface area contributed by atoms with Gasteiger partial charge in [-0.1, -0.05) is 0 Å². The molecule has 0 heterocycles. The van der Waals surface area contributed by atoms with Gasteiger partial charge in [0.05, 0.1) is 12.6 Å². The topological polar surface area (TPSA) is 46.5 Å². The number of benzene rings is 1. The molecule has 1 aromatic rings. The summed E-state index contributed by atoms with van der Waals surface area (Å²) in [6.07, 6.45) is 0. The first-order chi connectivity index (χ1) is 7.71. The van der Waals surface area contributed by atoms with Crippen molar-refractivity contribution in [3.63, 3.8) is 0 Å². The highest BCUT2D eigenvalue weighted by Gasteiger charge is 2.23. The third kappa shape index (κ3) is 4.27. The van der Waals surface area contributed by atoms with Crippen LogP contribution < -0.4 is 0 Å². The molecule has 0 atom stereocenters. The number of aromatic hydroxyl groups is 1. The predicted molar refractivity (Wildman–Crippen MR) is 82.8 cm³/mol. The number of phenolic OH excluding ortho intramolecular Hbond substituents is 1. The van der Waals surface area contributed by atoms with Gasteiger partial charge in [-0.25, -0.2) is 0 Å². The number of carbonyl (C=O) groups is 1. The summed E-state index contributed by atoms with van der Waals surface area (Å²) in [4.78, 5) is 11.6. The largest absolute Gasteiger partial charge is 0.506 e. The molecule has 0 bridgehead atoms. The van der Waals surface area contributed by atoms with Crippen LogP contribution in [0.3, 0.4) is 0 Å². The van der Waals surface area contributed by atoms with Crippen molar-refractivity contribution < 1.29 is 14.6 Å². The van der Waals surface area contributed by atoms with E-state index in [1.54, 1.807) is 0 Å². The van der Waals surface area contributed by atoms with Gasteiger partial charge in [0.1, 0.15) is 12.4 Å². The van der Waals surface area contributed by atoms with Crippen molar-refractivity contribution in [3.05, 3.63) is 24.8 Å². The molecule has 0 amide bonds. The van der Waals surface area contributed by atoms with E-state index in [1.165, 1.54) is 0 Å². The van der Waals surface area contributed by atoms with Gasteiger partial charge in [0.25, 0.3) is 0 Å². The average molecular weight is 460 g/mol. The lowest BCUT2D eigenvalue weighted by Crippen LogP contribution is -2.22. The molecular formula is C12H14I2O3. The third-order valence-corrected chi connectivity index (χ3v) is 3.70. The quantitative estimate of drug-likeness (QED) is 0.542. The van der Waals surface area contributed by atoms with Crippen LogP contribution in [-0.2, 0) is 16.1 Å². The normalized spacial score (nSPS) is 11.4. The lowest BCUT2D eigenvalue weighted by atomic mass is 9.97.